The van der Waals surface area contributed by atoms with Gasteiger partial charge in [-0.2, -0.15) is 10.4 Å². The van der Waals surface area contributed by atoms with Gasteiger partial charge in [-0.25, -0.2) is 4.98 Å². The van der Waals surface area contributed by atoms with Crippen molar-refractivity contribution >= 4 is 28.3 Å². The Balaban J connectivity index is 1.78. The number of nitrogens with one attached hydrogen (secondary N) is 1. The molecule has 0 aliphatic heterocycles. The Labute approximate surface area is 189 Å². The maximum atomic E-state index is 13.3. The molecule has 0 aliphatic rings. The summed E-state index contributed by atoms with van der Waals surface area (Å²) in [6, 6.07) is 13.0. The van der Waals surface area contributed by atoms with Crippen molar-refractivity contribution in [1.82, 2.24) is 19.3 Å². The first-order valence-corrected chi connectivity index (χ1v) is 10.3. The predicted octanol–water partition coefficient (Wildman–Crippen LogP) is 3.34. The van der Waals surface area contributed by atoms with Gasteiger partial charge in [0.05, 0.1) is 47.0 Å². The van der Waals surface area contributed by atoms with E-state index in [1.165, 1.54) is 17.0 Å². The van der Waals surface area contributed by atoms with Gasteiger partial charge in [0, 0.05) is 23.5 Å². The minimum absolute atomic E-state index is 0.111. The highest BCUT2D eigenvalue weighted by Gasteiger charge is 2.19. The lowest BCUT2D eigenvalue weighted by Crippen LogP contribution is -2.35. The van der Waals surface area contributed by atoms with Crippen molar-refractivity contribution in [2.24, 2.45) is 0 Å². The van der Waals surface area contributed by atoms with Crippen LogP contribution in [-0.2, 0) is 6.54 Å². The van der Waals surface area contributed by atoms with Crippen LogP contribution in [0.1, 0.15) is 25.0 Å². The average molecular weight is 449 g/mol. The van der Waals surface area contributed by atoms with Crippen molar-refractivity contribution in [3.63, 3.8) is 0 Å². The molecule has 32 heavy (non-hydrogen) atoms. The van der Waals surface area contributed by atoms with Gasteiger partial charge in [-0.1, -0.05) is 29.8 Å². The summed E-state index contributed by atoms with van der Waals surface area (Å²) >= 11 is 6.27. The van der Waals surface area contributed by atoms with E-state index >= 15 is 0 Å². The first-order chi connectivity index (χ1) is 15.3. The summed E-state index contributed by atoms with van der Waals surface area (Å²) in [7, 11) is 0. The monoisotopic (exact) mass is 448 g/mol. The second-order valence-corrected chi connectivity index (χ2v) is 8.46. The molecule has 0 atom stereocenters. The summed E-state index contributed by atoms with van der Waals surface area (Å²) < 4.78 is 3.12. The van der Waals surface area contributed by atoms with Crippen LogP contribution >= 0.6 is 11.6 Å². The summed E-state index contributed by atoms with van der Waals surface area (Å²) in [5.74, 6) is 0.444. The van der Waals surface area contributed by atoms with Gasteiger partial charge in [-0.15, -0.1) is 0 Å². The van der Waals surface area contributed by atoms with Crippen LogP contribution in [0.3, 0.4) is 0 Å². The minimum Gasteiger partial charge on any atom is -0.394 e. The maximum Gasteiger partial charge on any atom is 0.266 e. The number of rotatable bonds is 6. The average Bonchev–Trinajstić information content (AvgIpc) is 3.19. The molecule has 3 heterocycles. The Morgan fingerprint density at radius 2 is 2.03 bits per heavy atom. The third-order valence-corrected chi connectivity index (χ3v) is 5.48. The number of halogens is 1. The molecule has 9 heteroatoms. The highest BCUT2D eigenvalue weighted by Crippen LogP contribution is 2.21. The van der Waals surface area contributed by atoms with Crippen molar-refractivity contribution in [1.29, 1.82) is 5.26 Å². The standard InChI is InChI=1S/C23H21ClN6O2/c1-23(2,14-31)28-21-9-20(16(10-25)11-26-21)29-8-7-19-17(22(29)32)12-27-30(19)13-15-5-3-4-6-18(15)24/h3-9,11-12,31H,13-14H2,1-2H3,(H,26,28). The van der Waals surface area contributed by atoms with Crippen LogP contribution in [0.15, 0.2) is 59.8 Å². The summed E-state index contributed by atoms with van der Waals surface area (Å²) in [4.78, 5) is 17.5. The van der Waals surface area contributed by atoms with Crippen molar-refractivity contribution in [2.75, 3.05) is 11.9 Å². The van der Waals surface area contributed by atoms with Crippen molar-refractivity contribution in [2.45, 2.75) is 25.9 Å². The van der Waals surface area contributed by atoms with Crippen LogP contribution in [0.4, 0.5) is 5.82 Å². The zero-order valence-electron chi connectivity index (χ0n) is 17.6. The van der Waals surface area contributed by atoms with E-state index in [9.17, 15) is 15.2 Å². The molecule has 4 aromatic rings. The molecule has 0 bridgehead atoms. The number of nitrogens with zero attached hydrogens (tertiary/aromatic N) is 5. The SMILES string of the molecule is CC(C)(CO)Nc1cc(-n2ccc3c(cnn3Cc3ccccc3Cl)c2=O)c(C#N)cn1. The van der Waals surface area contributed by atoms with E-state index in [4.69, 9.17) is 11.6 Å². The molecule has 0 fully saturated rings. The molecule has 8 nitrogen and oxygen atoms in total. The van der Waals surface area contributed by atoms with E-state index in [0.717, 1.165) is 5.56 Å². The fraction of sp³-hybridized carbons (Fsp3) is 0.217. The number of aliphatic hydroxyl groups excluding tert-OH is 1. The molecule has 0 unspecified atom stereocenters. The summed E-state index contributed by atoms with van der Waals surface area (Å²) in [5, 5.41) is 27.6. The van der Waals surface area contributed by atoms with Crippen molar-refractivity contribution in [3.05, 3.63) is 81.5 Å². The Morgan fingerprint density at radius 3 is 2.75 bits per heavy atom. The zero-order chi connectivity index (χ0) is 22.9. The molecular weight excluding hydrogens is 428 g/mol. The van der Waals surface area contributed by atoms with Gasteiger partial charge in [0.15, 0.2) is 0 Å². The molecule has 1 aromatic carbocycles. The number of hydrogen-bond donors (Lipinski definition) is 2. The molecule has 4 rings (SSSR count). The Morgan fingerprint density at radius 1 is 1.25 bits per heavy atom. The Hall–Kier alpha value is -3.67. The smallest absolute Gasteiger partial charge is 0.266 e. The first-order valence-electron chi connectivity index (χ1n) is 9.93. The fourth-order valence-corrected chi connectivity index (χ4v) is 3.56. The van der Waals surface area contributed by atoms with Gasteiger partial charge in [-0.05, 0) is 31.5 Å². The minimum atomic E-state index is -0.618. The molecule has 0 saturated heterocycles. The number of anilines is 1. The van der Waals surface area contributed by atoms with E-state index in [-0.39, 0.29) is 17.7 Å². The fourth-order valence-electron chi connectivity index (χ4n) is 3.37. The second-order valence-electron chi connectivity index (χ2n) is 8.05. The summed E-state index contributed by atoms with van der Waals surface area (Å²) in [5.41, 5.74) is 1.28. The largest absolute Gasteiger partial charge is 0.394 e. The summed E-state index contributed by atoms with van der Waals surface area (Å²) in [6.45, 7) is 3.95. The van der Waals surface area contributed by atoms with E-state index in [1.54, 1.807) is 23.0 Å². The number of hydrogen-bond acceptors (Lipinski definition) is 6. The van der Waals surface area contributed by atoms with Gasteiger partial charge in [0.2, 0.25) is 0 Å². The van der Waals surface area contributed by atoms with Gasteiger partial charge in [-0.3, -0.25) is 14.0 Å². The Bertz CT molecular complexity index is 1400. The lowest BCUT2D eigenvalue weighted by atomic mass is 10.1. The molecular formula is C23H21ClN6O2. The number of aromatic nitrogens is 4. The predicted molar refractivity (Wildman–Crippen MR) is 123 cm³/mol. The topological polar surface area (TPSA) is 109 Å². The van der Waals surface area contributed by atoms with Gasteiger partial charge >= 0.3 is 0 Å². The van der Waals surface area contributed by atoms with Crippen molar-refractivity contribution in [3.8, 4) is 11.8 Å². The summed E-state index contributed by atoms with van der Waals surface area (Å²) in [6.07, 6.45) is 4.54. The molecule has 0 amide bonds. The second kappa shape index (κ2) is 8.46. The number of pyridine rings is 2. The van der Waals surface area contributed by atoms with E-state index in [2.05, 4.69) is 21.5 Å². The van der Waals surface area contributed by atoms with Crippen LogP contribution in [0.2, 0.25) is 5.02 Å². The normalized spacial score (nSPS) is 11.5. The van der Waals surface area contributed by atoms with E-state index < -0.39 is 5.54 Å². The third kappa shape index (κ3) is 4.08. The van der Waals surface area contributed by atoms with Crippen LogP contribution in [-0.4, -0.2) is 36.6 Å². The molecule has 0 radical (unpaired) electrons. The van der Waals surface area contributed by atoms with Gasteiger partial charge in [0.1, 0.15) is 11.9 Å². The van der Waals surface area contributed by atoms with Crippen LogP contribution < -0.4 is 10.9 Å². The van der Waals surface area contributed by atoms with Gasteiger partial charge < -0.3 is 10.4 Å². The van der Waals surface area contributed by atoms with Crippen LogP contribution in [0.5, 0.6) is 0 Å². The molecule has 162 valence electrons. The molecule has 3 aromatic heterocycles. The van der Waals surface area contributed by atoms with E-state index in [1.807, 2.05) is 38.1 Å². The third-order valence-electron chi connectivity index (χ3n) is 5.11. The lowest BCUT2D eigenvalue weighted by molar-refractivity contribution is 0.234. The van der Waals surface area contributed by atoms with Crippen LogP contribution in [0, 0.1) is 11.3 Å². The van der Waals surface area contributed by atoms with Crippen molar-refractivity contribution < 1.29 is 5.11 Å². The number of nitriles is 1. The maximum absolute atomic E-state index is 13.3. The molecule has 0 spiro atoms. The highest BCUT2D eigenvalue weighted by atomic mass is 35.5. The zero-order valence-corrected chi connectivity index (χ0v) is 18.3. The van der Waals surface area contributed by atoms with E-state index in [0.29, 0.717) is 34.0 Å². The number of fused-ring (bicyclic) bond motifs is 1. The molecule has 0 saturated carbocycles. The molecule has 2 N–H and O–H groups in total. The highest BCUT2D eigenvalue weighted by molar-refractivity contribution is 6.31. The van der Waals surface area contributed by atoms with Crippen LogP contribution in [0.25, 0.3) is 16.6 Å². The number of benzene rings is 1. The van der Waals surface area contributed by atoms with Gasteiger partial charge in [0.25, 0.3) is 5.56 Å². The first kappa shape index (κ1) is 21.6. The lowest BCUT2D eigenvalue weighted by Gasteiger charge is -2.24. The number of aliphatic hydroxyl groups is 1. The quantitative estimate of drug-likeness (QED) is 0.468. The molecule has 0 aliphatic carbocycles. The Kier molecular flexibility index (Phi) is 5.70.